The van der Waals surface area contributed by atoms with Crippen LogP contribution in [-0.4, -0.2) is 10.1 Å². The number of aromatic nitrogens is 2. The topological polar surface area (TPSA) is 64.9 Å². The number of rotatable bonds is 1. The van der Waals surface area contributed by atoms with E-state index in [-0.39, 0.29) is 17.0 Å². The Morgan fingerprint density at radius 1 is 1.43 bits per heavy atom. The van der Waals surface area contributed by atoms with Crippen molar-refractivity contribution in [2.24, 2.45) is 0 Å². The summed E-state index contributed by atoms with van der Waals surface area (Å²) < 4.78 is 18.0. The van der Waals surface area contributed by atoms with Gasteiger partial charge in [0.1, 0.15) is 5.69 Å². The van der Waals surface area contributed by atoms with Gasteiger partial charge < -0.3 is 10.3 Å². The molecule has 2 heterocycles. The minimum Gasteiger partial charge on any atom is -0.394 e. The zero-order valence-corrected chi connectivity index (χ0v) is 7.62. The Labute approximate surface area is 83.5 Å². The minimum absolute atomic E-state index is 0.104. The maximum absolute atomic E-state index is 13.2. The van der Waals surface area contributed by atoms with Gasteiger partial charge >= 0.3 is 0 Å². The van der Waals surface area contributed by atoms with Crippen LogP contribution in [0.5, 0.6) is 0 Å². The number of hydrogen-bond donors (Lipinski definition) is 1. The summed E-state index contributed by atoms with van der Waals surface area (Å²) >= 11 is 5.65. The average molecular weight is 214 g/mol. The van der Waals surface area contributed by atoms with Gasteiger partial charge in [0.05, 0.1) is 16.8 Å². The van der Waals surface area contributed by atoms with Gasteiger partial charge in [0.25, 0.3) is 0 Å². The Kier molecular flexibility index (Phi) is 2.09. The number of hydrogen-bond acceptors (Lipinski definition) is 4. The van der Waals surface area contributed by atoms with Crippen molar-refractivity contribution in [2.45, 2.75) is 0 Å². The standard InChI is InChI=1S/C8H5ClFN3O/c9-4-1-5(8(10)12-2-4)7-6(11)3-13-14-7/h1-3H,11H2. The molecule has 0 aliphatic heterocycles. The highest BCUT2D eigenvalue weighted by Gasteiger charge is 2.14. The second-order valence-corrected chi connectivity index (χ2v) is 3.04. The van der Waals surface area contributed by atoms with Crippen LogP contribution in [0.4, 0.5) is 10.1 Å². The van der Waals surface area contributed by atoms with Gasteiger partial charge in [-0.25, -0.2) is 4.98 Å². The van der Waals surface area contributed by atoms with Crippen LogP contribution in [0.1, 0.15) is 0 Å². The first-order valence-electron chi connectivity index (χ1n) is 3.70. The van der Waals surface area contributed by atoms with Crippen molar-refractivity contribution in [1.82, 2.24) is 10.1 Å². The van der Waals surface area contributed by atoms with E-state index >= 15 is 0 Å². The molecule has 0 bridgehead atoms. The quantitative estimate of drug-likeness (QED) is 0.737. The van der Waals surface area contributed by atoms with Crippen molar-refractivity contribution in [1.29, 1.82) is 0 Å². The van der Waals surface area contributed by atoms with Crippen LogP contribution >= 0.6 is 11.6 Å². The van der Waals surface area contributed by atoms with Gasteiger partial charge in [-0.3, -0.25) is 0 Å². The fourth-order valence-electron chi connectivity index (χ4n) is 1.03. The second kappa shape index (κ2) is 3.26. The molecule has 0 radical (unpaired) electrons. The molecule has 0 aliphatic carbocycles. The molecule has 2 aromatic heterocycles. The van der Waals surface area contributed by atoms with Gasteiger partial charge in [-0.1, -0.05) is 16.8 Å². The molecular weight excluding hydrogens is 209 g/mol. The normalized spacial score (nSPS) is 10.4. The number of halogens is 2. The van der Waals surface area contributed by atoms with E-state index in [0.29, 0.717) is 5.02 Å². The van der Waals surface area contributed by atoms with E-state index in [2.05, 4.69) is 10.1 Å². The fraction of sp³-hybridized carbons (Fsp3) is 0. The lowest BCUT2D eigenvalue weighted by Gasteiger charge is -1.98. The van der Waals surface area contributed by atoms with Gasteiger partial charge in [-0.05, 0) is 6.07 Å². The zero-order chi connectivity index (χ0) is 10.1. The number of pyridine rings is 1. The van der Waals surface area contributed by atoms with E-state index in [1.165, 1.54) is 18.5 Å². The molecule has 72 valence electrons. The van der Waals surface area contributed by atoms with E-state index in [1.54, 1.807) is 0 Å². The number of nitrogens with zero attached hydrogens (tertiary/aromatic N) is 2. The zero-order valence-electron chi connectivity index (χ0n) is 6.87. The van der Waals surface area contributed by atoms with Crippen LogP contribution in [-0.2, 0) is 0 Å². The second-order valence-electron chi connectivity index (χ2n) is 2.60. The van der Waals surface area contributed by atoms with E-state index in [9.17, 15) is 4.39 Å². The largest absolute Gasteiger partial charge is 0.394 e. The predicted molar refractivity (Wildman–Crippen MR) is 49.1 cm³/mol. The van der Waals surface area contributed by atoms with Crippen LogP contribution < -0.4 is 5.73 Å². The van der Waals surface area contributed by atoms with Gasteiger partial charge in [0.15, 0.2) is 5.76 Å². The van der Waals surface area contributed by atoms with E-state index in [0.717, 1.165) is 0 Å². The van der Waals surface area contributed by atoms with Gasteiger partial charge in [-0.15, -0.1) is 0 Å². The molecule has 4 nitrogen and oxygen atoms in total. The van der Waals surface area contributed by atoms with Crippen molar-refractivity contribution in [3.05, 3.63) is 29.4 Å². The third kappa shape index (κ3) is 1.42. The van der Waals surface area contributed by atoms with Gasteiger partial charge in [0, 0.05) is 6.20 Å². The lowest BCUT2D eigenvalue weighted by atomic mass is 10.2. The number of anilines is 1. The lowest BCUT2D eigenvalue weighted by molar-refractivity contribution is 0.429. The van der Waals surface area contributed by atoms with Crippen LogP contribution in [0.15, 0.2) is 23.0 Å². The Morgan fingerprint density at radius 3 is 2.86 bits per heavy atom. The van der Waals surface area contributed by atoms with Crippen molar-refractivity contribution < 1.29 is 8.91 Å². The molecule has 0 atom stereocenters. The van der Waals surface area contributed by atoms with Crippen molar-refractivity contribution in [3.63, 3.8) is 0 Å². The summed E-state index contributed by atoms with van der Waals surface area (Å²) in [6.07, 6.45) is 2.49. The molecule has 0 amide bonds. The van der Waals surface area contributed by atoms with Crippen molar-refractivity contribution in [2.75, 3.05) is 5.73 Å². The monoisotopic (exact) mass is 213 g/mol. The first kappa shape index (κ1) is 8.96. The summed E-state index contributed by atoms with van der Waals surface area (Å²) in [7, 11) is 0. The molecule has 0 unspecified atom stereocenters. The van der Waals surface area contributed by atoms with Gasteiger partial charge in [0.2, 0.25) is 5.95 Å². The van der Waals surface area contributed by atoms with Crippen LogP contribution in [0.2, 0.25) is 5.02 Å². The van der Waals surface area contributed by atoms with Crippen LogP contribution in [0.3, 0.4) is 0 Å². The first-order chi connectivity index (χ1) is 6.68. The summed E-state index contributed by atoms with van der Waals surface area (Å²) in [6, 6.07) is 1.38. The van der Waals surface area contributed by atoms with Crippen molar-refractivity contribution in [3.8, 4) is 11.3 Å². The molecule has 0 saturated carbocycles. The Bertz CT molecular complexity index is 471. The molecule has 0 saturated heterocycles. The third-order valence-corrected chi connectivity index (χ3v) is 1.85. The highest BCUT2D eigenvalue weighted by atomic mass is 35.5. The molecule has 2 rings (SSSR count). The molecule has 14 heavy (non-hydrogen) atoms. The Balaban J connectivity index is 2.62. The average Bonchev–Trinajstić information content (AvgIpc) is 2.56. The van der Waals surface area contributed by atoms with E-state index < -0.39 is 5.95 Å². The summed E-state index contributed by atoms with van der Waals surface area (Å²) in [6.45, 7) is 0. The first-order valence-corrected chi connectivity index (χ1v) is 4.08. The molecule has 2 aromatic rings. The molecule has 6 heteroatoms. The summed E-state index contributed by atoms with van der Waals surface area (Å²) in [5.41, 5.74) is 5.85. The highest BCUT2D eigenvalue weighted by Crippen LogP contribution is 2.28. The smallest absolute Gasteiger partial charge is 0.224 e. The molecule has 0 spiro atoms. The number of nitrogen functional groups attached to an aromatic ring is 1. The molecule has 0 aromatic carbocycles. The minimum atomic E-state index is -0.696. The lowest BCUT2D eigenvalue weighted by Crippen LogP contribution is -1.90. The molecule has 0 aliphatic rings. The summed E-state index contributed by atoms with van der Waals surface area (Å²) in [4.78, 5) is 3.43. The summed E-state index contributed by atoms with van der Waals surface area (Å²) in [5.74, 6) is -0.560. The SMILES string of the molecule is Nc1cnoc1-c1cc(Cl)cnc1F. The fourth-order valence-corrected chi connectivity index (χ4v) is 1.19. The van der Waals surface area contributed by atoms with Crippen LogP contribution in [0.25, 0.3) is 11.3 Å². The van der Waals surface area contributed by atoms with E-state index in [4.69, 9.17) is 21.9 Å². The highest BCUT2D eigenvalue weighted by molar-refractivity contribution is 6.30. The van der Waals surface area contributed by atoms with Gasteiger partial charge in [-0.2, -0.15) is 4.39 Å². The number of nitrogens with two attached hydrogens (primary N) is 1. The molecular formula is C8H5ClFN3O. The molecule has 0 fully saturated rings. The van der Waals surface area contributed by atoms with Crippen LogP contribution in [0, 0.1) is 5.95 Å². The Morgan fingerprint density at radius 2 is 2.21 bits per heavy atom. The maximum Gasteiger partial charge on any atom is 0.224 e. The summed E-state index contributed by atoms with van der Waals surface area (Å²) in [5, 5.41) is 3.73. The van der Waals surface area contributed by atoms with Crippen molar-refractivity contribution >= 4 is 17.3 Å². The molecule has 2 N–H and O–H groups in total. The maximum atomic E-state index is 13.2. The third-order valence-electron chi connectivity index (χ3n) is 1.65. The predicted octanol–water partition coefficient (Wildman–Crippen LogP) is 2.11. The Hall–Kier alpha value is -1.62. The van der Waals surface area contributed by atoms with E-state index in [1.807, 2.05) is 0 Å².